The van der Waals surface area contributed by atoms with Gasteiger partial charge in [-0.3, -0.25) is 14.6 Å². The van der Waals surface area contributed by atoms with Gasteiger partial charge in [0.25, 0.3) is 11.5 Å². The summed E-state index contributed by atoms with van der Waals surface area (Å²) in [5.74, 6) is -1.05. The van der Waals surface area contributed by atoms with Crippen LogP contribution in [0.25, 0.3) is 0 Å². The summed E-state index contributed by atoms with van der Waals surface area (Å²) in [7, 11) is 0. The van der Waals surface area contributed by atoms with Gasteiger partial charge in [-0.25, -0.2) is 9.89 Å². The predicted octanol–water partition coefficient (Wildman–Crippen LogP) is 0.729. The molecule has 21 heavy (non-hydrogen) atoms. The van der Waals surface area contributed by atoms with Crippen molar-refractivity contribution in [3.63, 3.8) is 0 Å². The highest BCUT2D eigenvalue weighted by Gasteiger charge is 2.30. The number of benzene rings is 1. The number of alkyl halides is 3. The number of halogens is 3. The second-order valence-electron chi connectivity index (χ2n) is 3.89. The van der Waals surface area contributed by atoms with Crippen LogP contribution >= 0.6 is 0 Å². The Balaban J connectivity index is 2.28. The van der Waals surface area contributed by atoms with E-state index >= 15 is 0 Å². The van der Waals surface area contributed by atoms with Crippen LogP contribution in [0.4, 0.5) is 18.9 Å². The first-order chi connectivity index (χ1) is 9.77. The molecule has 110 valence electrons. The highest BCUT2D eigenvalue weighted by Crippen LogP contribution is 2.30. The molecule has 1 aromatic carbocycles. The van der Waals surface area contributed by atoms with Gasteiger partial charge in [-0.1, -0.05) is 6.07 Å². The van der Waals surface area contributed by atoms with Crippen LogP contribution in [0.3, 0.4) is 0 Å². The van der Waals surface area contributed by atoms with Crippen molar-refractivity contribution in [2.24, 2.45) is 0 Å². The van der Waals surface area contributed by atoms with Crippen LogP contribution in [0.2, 0.25) is 0 Å². The van der Waals surface area contributed by atoms with Crippen LogP contribution in [0.15, 0.2) is 33.9 Å². The minimum atomic E-state index is -4.56. The summed E-state index contributed by atoms with van der Waals surface area (Å²) in [4.78, 5) is 35.5. The zero-order valence-electron chi connectivity index (χ0n) is 10.1. The highest BCUT2D eigenvalue weighted by atomic mass is 19.4. The highest BCUT2D eigenvalue weighted by molar-refractivity contribution is 6.02. The molecule has 0 aliphatic heterocycles. The molecule has 7 nitrogen and oxygen atoms in total. The quantitative estimate of drug-likeness (QED) is 0.759. The third kappa shape index (κ3) is 3.35. The summed E-state index contributed by atoms with van der Waals surface area (Å²) in [5, 5.41) is 7.16. The number of anilines is 1. The molecule has 2 rings (SSSR count). The minimum Gasteiger partial charge on any atom is -0.320 e. The van der Waals surface area contributed by atoms with E-state index in [1.165, 1.54) is 6.07 Å². The molecule has 0 atom stereocenters. The van der Waals surface area contributed by atoms with E-state index in [1.54, 1.807) is 4.98 Å². The Morgan fingerprint density at radius 3 is 2.57 bits per heavy atom. The lowest BCUT2D eigenvalue weighted by atomic mass is 10.2. The van der Waals surface area contributed by atoms with Gasteiger partial charge in [0.1, 0.15) is 0 Å². The average Bonchev–Trinajstić information content (AvgIpc) is 2.37. The number of aromatic amines is 2. The second-order valence-corrected chi connectivity index (χ2v) is 3.89. The molecule has 10 heteroatoms. The summed E-state index contributed by atoms with van der Waals surface area (Å²) in [6.45, 7) is 0. The van der Waals surface area contributed by atoms with E-state index in [-0.39, 0.29) is 5.69 Å². The molecular weight excluding hydrogens is 293 g/mol. The molecule has 3 N–H and O–H groups in total. The van der Waals surface area contributed by atoms with Crippen molar-refractivity contribution >= 4 is 11.6 Å². The fourth-order valence-corrected chi connectivity index (χ4v) is 1.47. The van der Waals surface area contributed by atoms with Crippen LogP contribution in [-0.4, -0.2) is 21.1 Å². The van der Waals surface area contributed by atoms with Gasteiger partial charge in [0, 0.05) is 5.69 Å². The van der Waals surface area contributed by atoms with Crippen LogP contribution in [0.5, 0.6) is 0 Å². The zero-order chi connectivity index (χ0) is 15.6. The molecule has 0 aliphatic rings. The van der Waals surface area contributed by atoms with Gasteiger partial charge in [0.2, 0.25) is 5.69 Å². The standard InChI is InChI=1S/C11H7F3N4O3/c12-11(13,14)5-2-1-3-6(4-5)15-8(19)7-9(20)16-10(21)18-17-7/h1-4H,(H,15,19)(H2,16,18,20,21). The lowest BCUT2D eigenvalue weighted by Gasteiger charge is -2.09. The van der Waals surface area contributed by atoms with E-state index in [4.69, 9.17) is 0 Å². The predicted molar refractivity (Wildman–Crippen MR) is 64.9 cm³/mol. The average molecular weight is 300 g/mol. The molecule has 0 bridgehead atoms. The van der Waals surface area contributed by atoms with Crippen molar-refractivity contribution in [1.82, 2.24) is 15.2 Å². The molecule has 1 amide bonds. The largest absolute Gasteiger partial charge is 0.416 e. The SMILES string of the molecule is O=C(Nc1cccc(C(F)(F)F)c1)c1n[nH]c(=O)[nH]c1=O. The number of nitrogens with one attached hydrogen (secondary N) is 3. The van der Waals surface area contributed by atoms with E-state index in [1.807, 2.05) is 5.10 Å². The fraction of sp³-hybridized carbons (Fsp3) is 0.0909. The number of nitrogens with zero attached hydrogens (tertiary/aromatic N) is 1. The molecule has 2 aromatic rings. The summed E-state index contributed by atoms with van der Waals surface area (Å²) in [6, 6.07) is 3.86. The Morgan fingerprint density at radius 1 is 1.24 bits per heavy atom. The van der Waals surface area contributed by atoms with Gasteiger partial charge in [-0.15, -0.1) is 0 Å². The normalized spacial score (nSPS) is 11.2. The van der Waals surface area contributed by atoms with E-state index in [2.05, 4.69) is 10.4 Å². The summed E-state index contributed by atoms with van der Waals surface area (Å²) in [6.07, 6.45) is -4.56. The van der Waals surface area contributed by atoms with E-state index in [9.17, 15) is 27.6 Å². The Morgan fingerprint density at radius 2 is 1.95 bits per heavy atom. The topological polar surface area (TPSA) is 108 Å². The molecule has 0 spiro atoms. The van der Waals surface area contributed by atoms with Crippen molar-refractivity contribution in [3.05, 3.63) is 56.4 Å². The first-order valence-electron chi connectivity index (χ1n) is 5.45. The maximum absolute atomic E-state index is 12.5. The number of amides is 1. The summed E-state index contributed by atoms with van der Waals surface area (Å²) < 4.78 is 37.6. The Kier molecular flexibility index (Phi) is 3.61. The number of hydrogen-bond acceptors (Lipinski definition) is 4. The summed E-state index contributed by atoms with van der Waals surface area (Å²) >= 11 is 0. The van der Waals surface area contributed by atoms with Crippen molar-refractivity contribution in [3.8, 4) is 0 Å². The monoisotopic (exact) mass is 300 g/mol. The van der Waals surface area contributed by atoms with E-state index in [0.717, 1.165) is 12.1 Å². The van der Waals surface area contributed by atoms with Crippen molar-refractivity contribution in [1.29, 1.82) is 0 Å². The van der Waals surface area contributed by atoms with Crippen molar-refractivity contribution in [2.75, 3.05) is 5.32 Å². The molecule has 1 heterocycles. The van der Waals surface area contributed by atoms with E-state index < -0.39 is 34.6 Å². The smallest absolute Gasteiger partial charge is 0.320 e. The molecule has 0 unspecified atom stereocenters. The second kappa shape index (κ2) is 5.23. The third-order valence-corrected chi connectivity index (χ3v) is 2.37. The third-order valence-electron chi connectivity index (χ3n) is 2.37. The number of hydrogen-bond donors (Lipinski definition) is 3. The molecule has 0 aliphatic carbocycles. The van der Waals surface area contributed by atoms with Gasteiger partial charge >= 0.3 is 11.9 Å². The molecule has 1 aromatic heterocycles. The summed E-state index contributed by atoms with van der Waals surface area (Å²) in [5.41, 5.74) is -3.75. The molecule has 0 saturated carbocycles. The lowest BCUT2D eigenvalue weighted by Crippen LogP contribution is -2.32. The van der Waals surface area contributed by atoms with Crippen LogP contribution in [0, 0.1) is 0 Å². The van der Waals surface area contributed by atoms with E-state index in [0.29, 0.717) is 6.07 Å². The lowest BCUT2D eigenvalue weighted by molar-refractivity contribution is -0.137. The van der Waals surface area contributed by atoms with Crippen molar-refractivity contribution in [2.45, 2.75) is 6.18 Å². The number of carbonyl (C=O) groups is 1. The van der Waals surface area contributed by atoms with Crippen LogP contribution in [0.1, 0.15) is 16.1 Å². The van der Waals surface area contributed by atoms with Gasteiger partial charge in [-0.2, -0.15) is 18.3 Å². The van der Waals surface area contributed by atoms with Crippen LogP contribution in [-0.2, 0) is 6.18 Å². The van der Waals surface area contributed by atoms with Crippen LogP contribution < -0.4 is 16.6 Å². The number of aromatic nitrogens is 3. The number of carbonyl (C=O) groups excluding carboxylic acids is 1. The van der Waals surface area contributed by atoms with Gasteiger partial charge < -0.3 is 5.32 Å². The molecule has 0 radical (unpaired) electrons. The minimum absolute atomic E-state index is 0.165. The van der Waals surface area contributed by atoms with Gasteiger partial charge in [0.15, 0.2) is 0 Å². The Bertz CT molecular complexity index is 794. The first-order valence-corrected chi connectivity index (χ1v) is 5.45. The number of rotatable bonds is 2. The fourth-order valence-electron chi connectivity index (χ4n) is 1.47. The maximum Gasteiger partial charge on any atom is 0.416 e. The first kappa shape index (κ1) is 14.5. The molecular formula is C11H7F3N4O3. The number of H-pyrrole nitrogens is 2. The Hall–Kier alpha value is -2.91. The maximum atomic E-state index is 12.5. The van der Waals surface area contributed by atoms with Gasteiger partial charge in [-0.05, 0) is 18.2 Å². The molecule has 0 saturated heterocycles. The van der Waals surface area contributed by atoms with Crippen molar-refractivity contribution < 1.29 is 18.0 Å². The zero-order valence-corrected chi connectivity index (χ0v) is 10.1. The molecule has 0 fully saturated rings. The Labute approximate surface area is 113 Å². The van der Waals surface area contributed by atoms with Gasteiger partial charge in [0.05, 0.1) is 5.56 Å².